The van der Waals surface area contributed by atoms with Crippen molar-refractivity contribution in [2.24, 2.45) is 0 Å². The number of halogens is 1. The third-order valence-electron chi connectivity index (χ3n) is 2.32. The van der Waals surface area contributed by atoms with E-state index in [1.165, 1.54) is 5.56 Å². The SMILES string of the molecule is OC1C[C@H](c2ccc(Cl)cc2)CO1. The normalized spacial score (nSPS) is 27.8. The van der Waals surface area contributed by atoms with Crippen molar-refractivity contribution < 1.29 is 9.84 Å². The first-order valence-electron chi connectivity index (χ1n) is 4.31. The van der Waals surface area contributed by atoms with E-state index in [0.717, 1.165) is 5.02 Å². The molecule has 0 saturated carbocycles. The molecule has 1 aromatic carbocycles. The molecule has 0 aliphatic carbocycles. The number of rotatable bonds is 1. The zero-order valence-corrected chi connectivity index (χ0v) is 7.87. The molecule has 0 radical (unpaired) electrons. The fourth-order valence-corrected chi connectivity index (χ4v) is 1.70. The quantitative estimate of drug-likeness (QED) is 0.750. The maximum absolute atomic E-state index is 9.17. The van der Waals surface area contributed by atoms with Crippen molar-refractivity contribution in [1.82, 2.24) is 0 Å². The van der Waals surface area contributed by atoms with Gasteiger partial charge in [-0.25, -0.2) is 0 Å². The molecule has 1 aliphatic heterocycles. The fourth-order valence-electron chi connectivity index (χ4n) is 1.57. The maximum atomic E-state index is 9.17. The van der Waals surface area contributed by atoms with Crippen LogP contribution in [-0.2, 0) is 4.74 Å². The average Bonchev–Trinajstić information content (AvgIpc) is 2.53. The monoisotopic (exact) mass is 198 g/mol. The van der Waals surface area contributed by atoms with Gasteiger partial charge in [0.15, 0.2) is 6.29 Å². The van der Waals surface area contributed by atoms with Gasteiger partial charge in [0.25, 0.3) is 0 Å². The summed E-state index contributed by atoms with van der Waals surface area (Å²) < 4.78 is 5.07. The molecule has 1 saturated heterocycles. The predicted octanol–water partition coefficient (Wildman–Crippen LogP) is 2.16. The lowest BCUT2D eigenvalue weighted by Crippen LogP contribution is -2.00. The minimum atomic E-state index is -0.597. The van der Waals surface area contributed by atoms with E-state index in [1.807, 2.05) is 24.3 Å². The van der Waals surface area contributed by atoms with Crippen molar-refractivity contribution in [3.05, 3.63) is 34.9 Å². The molecule has 2 rings (SSSR count). The molecule has 0 spiro atoms. The zero-order chi connectivity index (χ0) is 9.26. The van der Waals surface area contributed by atoms with Crippen LogP contribution in [0.25, 0.3) is 0 Å². The van der Waals surface area contributed by atoms with E-state index in [1.54, 1.807) is 0 Å². The highest BCUT2D eigenvalue weighted by Gasteiger charge is 2.24. The topological polar surface area (TPSA) is 29.5 Å². The predicted molar refractivity (Wildman–Crippen MR) is 50.8 cm³/mol. The third kappa shape index (κ3) is 2.02. The summed E-state index contributed by atoms with van der Waals surface area (Å²) in [4.78, 5) is 0. The van der Waals surface area contributed by atoms with Gasteiger partial charge in [0.2, 0.25) is 0 Å². The van der Waals surface area contributed by atoms with Crippen LogP contribution < -0.4 is 0 Å². The first kappa shape index (κ1) is 9.00. The number of benzene rings is 1. The van der Waals surface area contributed by atoms with Crippen molar-refractivity contribution in [3.63, 3.8) is 0 Å². The maximum Gasteiger partial charge on any atom is 0.155 e. The number of hydrogen-bond acceptors (Lipinski definition) is 2. The molecule has 0 amide bonds. The molecule has 2 nitrogen and oxygen atoms in total. The van der Waals surface area contributed by atoms with Crippen LogP contribution in [0.5, 0.6) is 0 Å². The van der Waals surface area contributed by atoms with Crippen molar-refractivity contribution >= 4 is 11.6 Å². The highest BCUT2D eigenvalue weighted by molar-refractivity contribution is 6.30. The van der Waals surface area contributed by atoms with Crippen LogP contribution in [0.2, 0.25) is 5.02 Å². The molecule has 1 aromatic rings. The second kappa shape index (κ2) is 3.66. The molecule has 13 heavy (non-hydrogen) atoms. The first-order valence-corrected chi connectivity index (χ1v) is 4.68. The van der Waals surface area contributed by atoms with Gasteiger partial charge in [0.1, 0.15) is 0 Å². The standard InChI is InChI=1S/C10H11ClO2/c11-9-3-1-7(2-4-9)8-5-10(12)13-6-8/h1-4,8,10,12H,5-6H2/t8-,10?/m0/s1. The number of aliphatic hydroxyl groups excluding tert-OH is 1. The molecule has 1 fully saturated rings. The number of aliphatic hydroxyl groups is 1. The van der Waals surface area contributed by atoms with Gasteiger partial charge in [-0.05, 0) is 17.7 Å². The Morgan fingerprint density at radius 3 is 2.54 bits per heavy atom. The summed E-state index contributed by atoms with van der Waals surface area (Å²) in [6.45, 7) is 0.600. The van der Waals surface area contributed by atoms with Gasteiger partial charge in [-0.2, -0.15) is 0 Å². The van der Waals surface area contributed by atoms with Gasteiger partial charge in [-0.3, -0.25) is 0 Å². The van der Waals surface area contributed by atoms with Crippen molar-refractivity contribution in [1.29, 1.82) is 0 Å². The molecule has 1 aliphatic rings. The molecule has 1 N–H and O–H groups in total. The van der Waals surface area contributed by atoms with Gasteiger partial charge >= 0.3 is 0 Å². The summed E-state index contributed by atoms with van der Waals surface area (Å²) in [6.07, 6.45) is 0.0856. The number of ether oxygens (including phenoxy) is 1. The number of hydrogen-bond donors (Lipinski definition) is 1. The molecule has 1 heterocycles. The summed E-state index contributed by atoms with van der Waals surface area (Å²) in [7, 11) is 0. The fraction of sp³-hybridized carbons (Fsp3) is 0.400. The van der Waals surface area contributed by atoms with Crippen molar-refractivity contribution in [3.8, 4) is 0 Å². The van der Waals surface area contributed by atoms with E-state index < -0.39 is 6.29 Å². The summed E-state index contributed by atoms with van der Waals surface area (Å²) in [5.41, 5.74) is 1.18. The Morgan fingerprint density at radius 1 is 1.31 bits per heavy atom. The Hall–Kier alpha value is -0.570. The van der Waals surface area contributed by atoms with E-state index >= 15 is 0 Å². The summed E-state index contributed by atoms with van der Waals surface area (Å²) >= 11 is 5.77. The largest absolute Gasteiger partial charge is 0.368 e. The van der Waals surface area contributed by atoms with E-state index in [4.69, 9.17) is 21.4 Å². The lowest BCUT2D eigenvalue weighted by Gasteiger charge is -2.06. The average molecular weight is 199 g/mol. The van der Waals surface area contributed by atoms with Crippen molar-refractivity contribution in [2.45, 2.75) is 18.6 Å². The van der Waals surface area contributed by atoms with Crippen LogP contribution in [0.15, 0.2) is 24.3 Å². The summed E-state index contributed by atoms with van der Waals surface area (Å²) in [6, 6.07) is 7.69. The highest BCUT2D eigenvalue weighted by atomic mass is 35.5. The van der Waals surface area contributed by atoms with Crippen LogP contribution in [0.4, 0.5) is 0 Å². The van der Waals surface area contributed by atoms with Gasteiger partial charge in [-0.15, -0.1) is 0 Å². The van der Waals surface area contributed by atoms with Gasteiger partial charge in [-0.1, -0.05) is 23.7 Å². The molecule has 3 heteroatoms. The van der Waals surface area contributed by atoms with Gasteiger partial charge < -0.3 is 9.84 Å². The van der Waals surface area contributed by atoms with Gasteiger partial charge in [0.05, 0.1) is 6.61 Å². The molecular formula is C10H11ClO2. The lowest BCUT2D eigenvalue weighted by atomic mass is 9.98. The Morgan fingerprint density at radius 2 is 2.00 bits per heavy atom. The van der Waals surface area contributed by atoms with E-state index in [0.29, 0.717) is 18.9 Å². The summed E-state index contributed by atoms with van der Waals surface area (Å²) in [5, 5.41) is 9.91. The van der Waals surface area contributed by atoms with E-state index in [2.05, 4.69) is 0 Å². The van der Waals surface area contributed by atoms with Crippen LogP contribution in [0.3, 0.4) is 0 Å². The molecule has 0 aromatic heterocycles. The lowest BCUT2D eigenvalue weighted by molar-refractivity contribution is -0.0589. The second-order valence-electron chi connectivity index (χ2n) is 3.27. The van der Waals surface area contributed by atoms with Crippen LogP contribution in [-0.4, -0.2) is 18.0 Å². The molecule has 70 valence electrons. The van der Waals surface area contributed by atoms with E-state index in [-0.39, 0.29) is 0 Å². The molecule has 0 bridgehead atoms. The minimum absolute atomic E-state index is 0.312. The van der Waals surface area contributed by atoms with Gasteiger partial charge in [0, 0.05) is 17.4 Å². The Labute approximate surface area is 82.1 Å². The Bertz CT molecular complexity index is 283. The molecule has 2 atom stereocenters. The van der Waals surface area contributed by atoms with E-state index in [9.17, 15) is 0 Å². The van der Waals surface area contributed by atoms with Crippen molar-refractivity contribution in [2.75, 3.05) is 6.61 Å². The summed E-state index contributed by atoms with van der Waals surface area (Å²) in [5.74, 6) is 0.312. The smallest absolute Gasteiger partial charge is 0.155 e. The molecule has 1 unspecified atom stereocenters. The second-order valence-corrected chi connectivity index (χ2v) is 3.71. The third-order valence-corrected chi connectivity index (χ3v) is 2.57. The zero-order valence-electron chi connectivity index (χ0n) is 7.11. The minimum Gasteiger partial charge on any atom is -0.368 e. The first-order chi connectivity index (χ1) is 6.25. The van der Waals surface area contributed by atoms with Crippen LogP contribution >= 0.6 is 11.6 Å². The molecular weight excluding hydrogens is 188 g/mol. The van der Waals surface area contributed by atoms with Crippen LogP contribution in [0, 0.1) is 0 Å². The Kier molecular flexibility index (Phi) is 2.54. The Balaban J connectivity index is 2.13. The van der Waals surface area contributed by atoms with Crippen LogP contribution in [0.1, 0.15) is 17.9 Å². The highest BCUT2D eigenvalue weighted by Crippen LogP contribution is 2.28.